The number of hydrogen-bond acceptors (Lipinski definition) is 4. The van der Waals surface area contributed by atoms with Crippen molar-refractivity contribution in [3.8, 4) is 17.2 Å². The third-order valence-electron chi connectivity index (χ3n) is 6.81. The fourth-order valence-corrected chi connectivity index (χ4v) is 4.86. The molecule has 35 heavy (non-hydrogen) atoms. The number of benzene rings is 1. The molecule has 9 heteroatoms. The van der Waals surface area contributed by atoms with Crippen LogP contribution >= 0.6 is 0 Å². The zero-order valence-electron chi connectivity index (χ0n) is 19.2. The van der Waals surface area contributed by atoms with Crippen LogP contribution in [0.2, 0.25) is 0 Å². The number of allylic oxidation sites excluding steroid dienone is 1. The van der Waals surface area contributed by atoms with Gasteiger partial charge in [-0.05, 0) is 49.4 Å². The summed E-state index contributed by atoms with van der Waals surface area (Å²) in [5.41, 5.74) is 3.04. The molecule has 2 aliphatic rings. The lowest BCUT2D eigenvalue weighted by atomic mass is 9.89. The minimum atomic E-state index is -4.44. The molecule has 4 aromatic rings. The number of nitrogens with zero attached hydrogens (tertiary/aromatic N) is 6. The van der Waals surface area contributed by atoms with Gasteiger partial charge in [-0.1, -0.05) is 31.2 Å². The van der Waals surface area contributed by atoms with Gasteiger partial charge < -0.3 is 4.57 Å². The fraction of sp³-hybridized carbons (Fsp3) is 0.308. The van der Waals surface area contributed by atoms with Crippen LogP contribution in [0.5, 0.6) is 0 Å². The summed E-state index contributed by atoms with van der Waals surface area (Å²) in [6.45, 7) is 4.14. The predicted octanol–water partition coefficient (Wildman–Crippen LogP) is 5.98. The van der Waals surface area contributed by atoms with Gasteiger partial charge in [-0.3, -0.25) is 0 Å². The molecule has 1 aromatic carbocycles. The van der Waals surface area contributed by atoms with Crippen molar-refractivity contribution in [3.05, 3.63) is 83.3 Å². The third kappa shape index (κ3) is 3.84. The number of rotatable bonds is 4. The molecule has 0 N–H and O–H groups in total. The maximum absolute atomic E-state index is 13.7. The molecule has 4 heterocycles. The first-order valence-corrected chi connectivity index (χ1v) is 11.6. The standard InChI is InChI=1S/C26H23F3N6/c1-15-12-19(15)23-22(34-13-16(2)30-14-34)10-9-21(31-23)24-32-25-18(7-5-11-35(25)33-24)17-6-3-4-8-20(17)26(27,28)29/h3-6,8-11,13-15,18-19H,7,12H2,1-2H3/t15?,18-,19?/m1/s1. The van der Waals surface area contributed by atoms with Crippen LogP contribution < -0.4 is 0 Å². The lowest BCUT2D eigenvalue weighted by Gasteiger charge is -2.22. The van der Waals surface area contributed by atoms with Gasteiger partial charge in [-0.25, -0.2) is 19.6 Å². The number of pyridine rings is 1. The Kier molecular flexibility index (Phi) is 4.91. The lowest BCUT2D eigenvalue weighted by Crippen LogP contribution is -2.16. The van der Waals surface area contributed by atoms with E-state index in [1.54, 1.807) is 23.3 Å². The van der Waals surface area contributed by atoms with Crippen molar-refractivity contribution in [2.45, 2.75) is 44.7 Å². The smallest absolute Gasteiger partial charge is 0.304 e. The Labute approximate surface area is 200 Å². The second-order valence-electron chi connectivity index (χ2n) is 9.34. The second kappa shape index (κ2) is 7.90. The highest BCUT2D eigenvalue weighted by Gasteiger charge is 2.39. The quantitative estimate of drug-likeness (QED) is 0.363. The summed E-state index contributed by atoms with van der Waals surface area (Å²) in [4.78, 5) is 14.0. The van der Waals surface area contributed by atoms with E-state index >= 15 is 0 Å². The Morgan fingerprint density at radius 3 is 2.57 bits per heavy atom. The molecule has 1 aliphatic heterocycles. The summed E-state index contributed by atoms with van der Waals surface area (Å²) in [6, 6.07) is 9.55. The van der Waals surface area contributed by atoms with Crippen LogP contribution in [-0.4, -0.2) is 29.3 Å². The van der Waals surface area contributed by atoms with E-state index in [2.05, 4.69) is 17.0 Å². The van der Waals surface area contributed by atoms with Crippen molar-refractivity contribution in [1.82, 2.24) is 29.3 Å². The van der Waals surface area contributed by atoms with Crippen molar-refractivity contribution in [1.29, 1.82) is 0 Å². The molecule has 0 bridgehead atoms. The molecule has 1 aliphatic carbocycles. The zero-order valence-corrected chi connectivity index (χ0v) is 19.2. The van der Waals surface area contributed by atoms with Gasteiger partial charge in [0.05, 0.1) is 29.0 Å². The first-order chi connectivity index (χ1) is 16.8. The van der Waals surface area contributed by atoms with Crippen molar-refractivity contribution in [2.75, 3.05) is 0 Å². The Bertz CT molecular complexity index is 1450. The van der Waals surface area contributed by atoms with Gasteiger partial charge in [-0.15, -0.1) is 5.10 Å². The topological polar surface area (TPSA) is 61.4 Å². The monoisotopic (exact) mass is 476 g/mol. The van der Waals surface area contributed by atoms with Crippen molar-refractivity contribution in [3.63, 3.8) is 0 Å². The van der Waals surface area contributed by atoms with Gasteiger partial charge in [0, 0.05) is 24.2 Å². The summed E-state index contributed by atoms with van der Waals surface area (Å²) in [5, 5.41) is 4.59. The first kappa shape index (κ1) is 21.8. The molecule has 2 unspecified atom stereocenters. The number of alkyl halides is 3. The Hall–Kier alpha value is -3.75. The van der Waals surface area contributed by atoms with E-state index in [0.29, 0.717) is 35.6 Å². The van der Waals surface area contributed by atoms with E-state index < -0.39 is 17.7 Å². The van der Waals surface area contributed by atoms with E-state index in [-0.39, 0.29) is 5.56 Å². The summed E-state index contributed by atoms with van der Waals surface area (Å²) >= 11 is 0. The zero-order chi connectivity index (χ0) is 24.3. The average Bonchev–Trinajstić information content (AvgIpc) is 3.19. The van der Waals surface area contributed by atoms with Crippen molar-refractivity contribution >= 4 is 6.20 Å². The minimum Gasteiger partial charge on any atom is -0.304 e. The normalized spacial score (nSPS) is 21.2. The highest BCUT2D eigenvalue weighted by atomic mass is 19.4. The second-order valence-corrected chi connectivity index (χ2v) is 9.34. The molecule has 178 valence electrons. The van der Waals surface area contributed by atoms with Crippen LogP contribution in [0.4, 0.5) is 13.2 Å². The number of halogens is 3. The van der Waals surface area contributed by atoms with Gasteiger partial charge >= 0.3 is 6.18 Å². The SMILES string of the molecule is Cc1cn(-c2ccc(-c3nc4n(n3)C=CC[C@@H]4c3ccccc3C(F)(F)F)nc2C2CC2C)cn1. The molecular formula is C26H23F3N6. The largest absolute Gasteiger partial charge is 0.416 e. The van der Waals surface area contributed by atoms with Crippen LogP contribution in [0.25, 0.3) is 23.4 Å². The van der Waals surface area contributed by atoms with Crippen LogP contribution in [0.3, 0.4) is 0 Å². The van der Waals surface area contributed by atoms with E-state index in [4.69, 9.17) is 9.97 Å². The van der Waals surface area contributed by atoms with Gasteiger partial charge in [0.1, 0.15) is 11.5 Å². The summed E-state index contributed by atoms with van der Waals surface area (Å²) in [7, 11) is 0. The molecule has 6 rings (SSSR count). The lowest BCUT2D eigenvalue weighted by molar-refractivity contribution is -0.138. The van der Waals surface area contributed by atoms with E-state index in [9.17, 15) is 13.2 Å². The van der Waals surface area contributed by atoms with Crippen LogP contribution in [-0.2, 0) is 6.18 Å². The van der Waals surface area contributed by atoms with E-state index in [1.165, 1.54) is 12.1 Å². The number of aromatic nitrogens is 6. The molecule has 0 saturated heterocycles. The molecule has 3 atom stereocenters. The molecule has 1 fully saturated rings. The Morgan fingerprint density at radius 1 is 1.06 bits per heavy atom. The average molecular weight is 477 g/mol. The Balaban J connectivity index is 1.42. The highest BCUT2D eigenvalue weighted by molar-refractivity contribution is 5.56. The summed E-state index contributed by atoms with van der Waals surface area (Å²) in [6.07, 6.45) is 4.37. The van der Waals surface area contributed by atoms with Gasteiger partial charge in [0.15, 0.2) is 5.82 Å². The molecule has 6 nitrogen and oxygen atoms in total. The number of fused-ring (bicyclic) bond motifs is 1. The summed E-state index contributed by atoms with van der Waals surface area (Å²) < 4.78 is 44.7. The van der Waals surface area contributed by atoms with Gasteiger partial charge in [0.2, 0.25) is 0 Å². The van der Waals surface area contributed by atoms with E-state index in [1.807, 2.05) is 35.9 Å². The minimum absolute atomic E-state index is 0.204. The molecule has 3 aromatic heterocycles. The number of imidazole rings is 1. The maximum Gasteiger partial charge on any atom is 0.416 e. The maximum atomic E-state index is 13.7. The van der Waals surface area contributed by atoms with Crippen LogP contribution in [0.1, 0.15) is 59.9 Å². The Morgan fingerprint density at radius 2 is 1.86 bits per heavy atom. The van der Waals surface area contributed by atoms with Gasteiger partial charge in [0.25, 0.3) is 0 Å². The first-order valence-electron chi connectivity index (χ1n) is 11.6. The third-order valence-corrected chi connectivity index (χ3v) is 6.81. The van der Waals surface area contributed by atoms with Crippen molar-refractivity contribution in [2.24, 2.45) is 5.92 Å². The molecule has 1 saturated carbocycles. The van der Waals surface area contributed by atoms with Gasteiger partial charge in [-0.2, -0.15) is 13.2 Å². The van der Waals surface area contributed by atoms with E-state index in [0.717, 1.165) is 29.6 Å². The van der Waals surface area contributed by atoms with Crippen LogP contribution in [0, 0.1) is 12.8 Å². The molecular weight excluding hydrogens is 453 g/mol. The number of aryl methyl sites for hydroxylation is 1. The fourth-order valence-electron chi connectivity index (χ4n) is 4.86. The molecule has 0 radical (unpaired) electrons. The van der Waals surface area contributed by atoms with Crippen molar-refractivity contribution < 1.29 is 13.2 Å². The number of hydrogen-bond donors (Lipinski definition) is 0. The van der Waals surface area contributed by atoms with Crippen LogP contribution in [0.15, 0.2) is 55.0 Å². The summed E-state index contributed by atoms with van der Waals surface area (Å²) in [5.74, 6) is 1.22. The highest BCUT2D eigenvalue weighted by Crippen LogP contribution is 2.48. The molecule has 0 spiro atoms. The predicted molar refractivity (Wildman–Crippen MR) is 125 cm³/mol. The molecule has 0 amide bonds.